The molecule has 0 radical (unpaired) electrons. The van der Waals surface area contributed by atoms with Crippen LogP contribution in [0, 0.1) is 0 Å². The minimum absolute atomic E-state index is 0.0556. The van der Waals surface area contributed by atoms with Gasteiger partial charge in [-0.25, -0.2) is 9.78 Å². The molecule has 0 saturated carbocycles. The van der Waals surface area contributed by atoms with E-state index in [1.54, 1.807) is 12.5 Å². The van der Waals surface area contributed by atoms with E-state index in [1.807, 2.05) is 35.0 Å². The van der Waals surface area contributed by atoms with Gasteiger partial charge in [0.25, 0.3) is 0 Å². The molecule has 6 heteroatoms. The normalized spacial score (nSPS) is 10.4. The molecule has 2 amide bonds. The second kappa shape index (κ2) is 8.84. The summed E-state index contributed by atoms with van der Waals surface area (Å²) in [5, 5.41) is 14.6. The minimum Gasteiger partial charge on any atom is -0.392 e. The first-order valence-corrected chi connectivity index (χ1v) is 7.44. The summed E-state index contributed by atoms with van der Waals surface area (Å²) >= 11 is 0. The number of hydrogen-bond donors (Lipinski definition) is 3. The Labute approximate surface area is 130 Å². The molecular weight excluding hydrogens is 280 g/mol. The van der Waals surface area contributed by atoms with Crippen LogP contribution in [0.4, 0.5) is 4.79 Å². The standard InChI is InChI=1S/C16H22N4O2/c21-12-15-4-2-14(3-5-15)6-8-19-16(22)18-7-1-10-20-11-9-17-13-20/h2-5,9,11,13,21H,1,6-8,10,12H2,(H2,18,19,22). The predicted molar refractivity (Wildman–Crippen MR) is 84.3 cm³/mol. The van der Waals surface area contributed by atoms with Gasteiger partial charge in [0.1, 0.15) is 0 Å². The van der Waals surface area contributed by atoms with E-state index < -0.39 is 0 Å². The number of imidazole rings is 1. The quantitative estimate of drug-likeness (QED) is 0.643. The van der Waals surface area contributed by atoms with Crippen LogP contribution in [0.1, 0.15) is 17.5 Å². The van der Waals surface area contributed by atoms with Crippen molar-refractivity contribution in [3.05, 3.63) is 54.1 Å². The Morgan fingerprint density at radius 2 is 1.86 bits per heavy atom. The van der Waals surface area contributed by atoms with Crippen LogP contribution in [0.25, 0.3) is 0 Å². The van der Waals surface area contributed by atoms with Crippen LogP contribution in [0.2, 0.25) is 0 Å². The molecule has 0 atom stereocenters. The summed E-state index contributed by atoms with van der Waals surface area (Å²) in [4.78, 5) is 15.6. The van der Waals surface area contributed by atoms with Crippen LogP contribution in [-0.4, -0.2) is 33.8 Å². The summed E-state index contributed by atoms with van der Waals surface area (Å²) in [6.45, 7) is 2.12. The van der Waals surface area contributed by atoms with Crippen molar-refractivity contribution in [1.29, 1.82) is 0 Å². The van der Waals surface area contributed by atoms with Crippen LogP contribution in [0.15, 0.2) is 43.0 Å². The number of nitrogens with zero attached hydrogens (tertiary/aromatic N) is 2. The van der Waals surface area contributed by atoms with E-state index in [4.69, 9.17) is 5.11 Å². The molecule has 2 rings (SSSR count). The molecular formula is C16H22N4O2. The zero-order chi connectivity index (χ0) is 15.6. The highest BCUT2D eigenvalue weighted by Crippen LogP contribution is 2.04. The zero-order valence-electron chi connectivity index (χ0n) is 12.5. The van der Waals surface area contributed by atoms with Crippen molar-refractivity contribution < 1.29 is 9.90 Å². The maximum atomic E-state index is 11.6. The van der Waals surface area contributed by atoms with Gasteiger partial charge < -0.3 is 20.3 Å². The maximum absolute atomic E-state index is 11.6. The summed E-state index contributed by atoms with van der Waals surface area (Å²) in [6.07, 6.45) is 7.05. The molecule has 3 N–H and O–H groups in total. The van der Waals surface area contributed by atoms with Gasteiger partial charge in [-0.15, -0.1) is 0 Å². The number of aliphatic hydroxyl groups is 1. The van der Waals surface area contributed by atoms with Crippen molar-refractivity contribution in [2.45, 2.75) is 26.0 Å². The van der Waals surface area contributed by atoms with Gasteiger partial charge in [-0.1, -0.05) is 24.3 Å². The molecule has 22 heavy (non-hydrogen) atoms. The Balaban J connectivity index is 1.55. The van der Waals surface area contributed by atoms with Crippen LogP contribution >= 0.6 is 0 Å². The summed E-state index contributed by atoms with van der Waals surface area (Å²) in [6, 6.07) is 7.58. The molecule has 2 aromatic rings. The van der Waals surface area contributed by atoms with Gasteiger partial charge in [-0.05, 0) is 24.0 Å². The molecule has 0 bridgehead atoms. The number of aryl methyl sites for hydroxylation is 1. The lowest BCUT2D eigenvalue weighted by Gasteiger charge is -2.08. The number of nitrogens with one attached hydrogen (secondary N) is 2. The maximum Gasteiger partial charge on any atom is 0.314 e. The van der Waals surface area contributed by atoms with E-state index in [9.17, 15) is 4.79 Å². The second-order valence-electron chi connectivity index (χ2n) is 5.06. The molecule has 0 saturated heterocycles. The highest BCUT2D eigenvalue weighted by molar-refractivity contribution is 5.73. The number of benzene rings is 1. The van der Waals surface area contributed by atoms with E-state index in [2.05, 4.69) is 15.6 Å². The Bertz CT molecular complexity index is 552. The average Bonchev–Trinajstić information content (AvgIpc) is 3.06. The molecule has 1 aromatic carbocycles. The van der Waals surface area contributed by atoms with E-state index >= 15 is 0 Å². The molecule has 0 aliphatic rings. The first-order valence-electron chi connectivity index (χ1n) is 7.44. The number of aliphatic hydroxyl groups excluding tert-OH is 1. The average molecular weight is 302 g/mol. The number of carbonyl (C=O) groups excluding carboxylic acids is 1. The number of rotatable bonds is 8. The third-order valence-electron chi connectivity index (χ3n) is 3.34. The molecule has 118 valence electrons. The highest BCUT2D eigenvalue weighted by atomic mass is 16.3. The van der Waals surface area contributed by atoms with Gasteiger partial charge in [0.05, 0.1) is 12.9 Å². The topological polar surface area (TPSA) is 79.2 Å². The first-order chi connectivity index (χ1) is 10.8. The fourth-order valence-corrected chi connectivity index (χ4v) is 2.08. The van der Waals surface area contributed by atoms with Crippen molar-refractivity contribution in [2.75, 3.05) is 13.1 Å². The summed E-state index contributed by atoms with van der Waals surface area (Å²) in [5.41, 5.74) is 2.03. The third kappa shape index (κ3) is 5.57. The summed E-state index contributed by atoms with van der Waals surface area (Å²) in [5.74, 6) is 0. The number of aromatic nitrogens is 2. The largest absolute Gasteiger partial charge is 0.392 e. The Morgan fingerprint density at radius 3 is 2.55 bits per heavy atom. The monoisotopic (exact) mass is 302 g/mol. The van der Waals surface area contributed by atoms with Gasteiger partial charge in [-0.2, -0.15) is 0 Å². The number of carbonyl (C=O) groups is 1. The summed E-state index contributed by atoms with van der Waals surface area (Å²) < 4.78 is 1.98. The molecule has 1 heterocycles. The highest BCUT2D eigenvalue weighted by Gasteiger charge is 2.00. The van der Waals surface area contributed by atoms with Gasteiger partial charge in [0.2, 0.25) is 0 Å². The van der Waals surface area contributed by atoms with Gasteiger partial charge in [-0.3, -0.25) is 0 Å². The fraction of sp³-hybridized carbons (Fsp3) is 0.375. The second-order valence-corrected chi connectivity index (χ2v) is 5.06. The molecule has 0 aliphatic heterocycles. The first kappa shape index (κ1) is 16.0. The lowest BCUT2D eigenvalue weighted by Crippen LogP contribution is -2.37. The van der Waals surface area contributed by atoms with E-state index in [-0.39, 0.29) is 12.6 Å². The minimum atomic E-state index is -0.141. The lowest BCUT2D eigenvalue weighted by atomic mass is 10.1. The molecule has 0 unspecified atom stereocenters. The van der Waals surface area contributed by atoms with Crippen LogP contribution in [0.5, 0.6) is 0 Å². The summed E-state index contributed by atoms with van der Waals surface area (Å²) in [7, 11) is 0. The molecule has 1 aromatic heterocycles. The van der Waals surface area contributed by atoms with Crippen LogP contribution in [-0.2, 0) is 19.6 Å². The van der Waals surface area contributed by atoms with Crippen LogP contribution in [0.3, 0.4) is 0 Å². The van der Waals surface area contributed by atoms with Crippen molar-refractivity contribution in [1.82, 2.24) is 20.2 Å². The predicted octanol–water partition coefficient (Wildman–Crippen LogP) is 1.31. The Hall–Kier alpha value is -2.34. The fourth-order valence-electron chi connectivity index (χ4n) is 2.08. The third-order valence-corrected chi connectivity index (χ3v) is 3.34. The van der Waals surface area contributed by atoms with Crippen molar-refractivity contribution >= 4 is 6.03 Å². The van der Waals surface area contributed by atoms with Gasteiger partial charge in [0.15, 0.2) is 0 Å². The van der Waals surface area contributed by atoms with Crippen molar-refractivity contribution in [2.24, 2.45) is 0 Å². The number of urea groups is 1. The Morgan fingerprint density at radius 1 is 1.14 bits per heavy atom. The smallest absolute Gasteiger partial charge is 0.314 e. The van der Waals surface area contributed by atoms with Crippen LogP contribution < -0.4 is 10.6 Å². The van der Waals surface area contributed by atoms with Crippen molar-refractivity contribution in [3.63, 3.8) is 0 Å². The zero-order valence-corrected chi connectivity index (χ0v) is 12.5. The lowest BCUT2D eigenvalue weighted by molar-refractivity contribution is 0.240. The molecule has 0 aliphatic carbocycles. The van der Waals surface area contributed by atoms with E-state index in [0.717, 1.165) is 30.5 Å². The van der Waals surface area contributed by atoms with E-state index in [1.165, 1.54) is 0 Å². The molecule has 0 fully saturated rings. The van der Waals surface area contributed by atoms with Crippen molar-refractivity contribution in [3.8, 4) is 0 Å². The molecule has 6 nitrogen and oxygen atoms in total. The number of amides is 2. The SMILES string of the molecule is O=C(NCCCn1ccnc1)NCCc1ccc(CO)cc1. The van der Waals surface area contributed by atoms with E-state index in [0.29, 0.717) is 13.1 Å². The number of hydrogen-bond acceptors (Lipinski definition) is 3. The Kier molecular flexibility index (Phi) is 6.44. The molecule has 0 spiro atoms. The van der Waals surface area contributed by atoms with Gasteiger partial charge >= 0.3 is 6.03 Å². The van der Waals surface area contributed by atoms with Gasteiger partial charge in [0, 0.05) is 32.0 Å².